The third-order valence-corrected chi connectivity index (χ3v) is 3.76. The van der Waals surface area contributed by atoms with Crippen LogP contribution in [-0.2, 0) is 0 Å². The van der Waals surface area contributed by atoms with E-state index in [2.05, 4.69) is 6.92 Å². The SMILES string of the molecule is CCCN(CC1CC1)C(=O)c1cc(OC)cc(OC)c1N. The summed E-state index contributed by atoms with van der Waals surface area (Å²) < 4.78 is 10.5. The van der Waals surface area contributed by atoms with Crippen molar-refractivity contribution in [2.45, 2.75) is 26.2 Å². The number of benzene rings is 1. The van der Waals surface area contributed by atoms with E-state index in [4.69, 9.17) is 15.2 Å². The van der Waals surface area contributed by atoms with Gasteiger partial charge in [0.15, 0.2) is 0 Å². The quantitative estimate of drug-likeness (QED) is 0.784. The highest BCUT2D eigenvalue weighted by molar-refractivity contribution is 6.01. The first-order chi connectivity index (χ1) is 10.1. The van der Waals surface area contributed by atoms with Crippen molar-refractivity contribution in [2.75, 3.05) is 33.0 Å². The molecule has 0 spiro atoms. The minimum absolute atomic E-state index is 0.0431. The van der Waals surface area contributed by atoms with Crippen molar-refractivity contribution in [1.82, 2.24) is 4.90 Å². The number of ether oxygens (including phenoxy) is 2. The van der Waals surface area contributed by atoms with Crippen LogP contribution < -0.4 is 15.2 Å². The van der Waals surface area contributed by atoms with Gasteiger partial charge in [0.05, 0.1) is 25.5 Å². The molecule has 2 N–H and O–H groups in total. The highest BCUT2D eigenvalue weighted by Crippen LogP contribution is 2.34. The van der Waals surface area contributed by atoms with Crippen LogP contribution in [0.25, 0.3) is 0 Å². The fourth-order valence-electron chi connectivity index (χ4n) is 2.39. The van der Waals surface area contributed by atoms with E-state index in [1.807, 2.05) is 4.90 Å². The number of hydrogen-bond acceptors (Lipinski definition) is 4. The zero-order chi connectivity index (χ0) is 15.4. The Bertz CT molecular complexity index is 512. The number of nitrogen functional groups attached to an aromatic ring is 1. The van der Waals surface area contributed by atoms with Crippen LogP contribution in [0.3, 0.4) is 0 Å². The maximum Gasteiger partial charge on any atom is 0.256 e. The second kappa shape index (κ2) is 6.70. The van der Waals surface area contributed by atoms with Crippen molar-refractivity contribution in [3.05, 3.63) is 17.7 Å². The predicted octanol–water partition coefficient (Wildman–Crippen LogP) is 2.55. The molecular weight excluding hydrogens is 268 g/mol. The second-order valence-electron chi connectivity index (χ2n) is 5.49. The number of rotatable bonds is 7. The van der Waals surface area contributed by atoms with Crippen LogP contribution >= 0.6 is 0 Å². The van der Waals surface area contributed by atoms with E-state index < -0.39 is 0 Å². The van der Waals surface area contributed by atoms with Crippen molar-refractivity contribution in [3.8, 4) is 11.5 Å². The molecule has 0 saturated heterocycles. The molecule has 5 heteroatoms. The molecule has 1 aliphatic rings. The van der Waals surface area contributed by atoms with Crippen LogP contribution in [0.15, 0.2) is 12.1 Å². The third kappa shape index (κ3) is 3.60. The second-order valence-corrected chi connectivity index (χ2v) is 5.49. The standard InChI is InChI=1S/C16H24N2O3/c1-4-7-18(10-11-5-6-11)16(19)13-8-12(20-2)9-14(21-3)15(13)17/h8-9,11H,4-7,10,17H2,1-3H3. The van der Waals surface area contributed by atoms with E-state index in [-0.39, 0.29) is 5.91 Å². The summed E-state index contributed by atoms with van der Waals surface area (Å²) in [5, 5.41) is 0. The monoisotopic (exact) mass is 292 g/mol. The van der Waals surface area contributed by atoms with Gasteiger partial charge in [-0.1, -0.05) is 6.92 Å². The number of carbonyl (C=O) groups is 1. The van der Waals surface area contributed by atoms with Gasteiger partial charge in [-0.3, -0.25) is 4.79 Å². The minimum Gasteiger partial charge on any atom is -0.497 e. The Morgan fingerprint density at radius 3 is 2.57 bits per heavy atom. The summed E-state index contributed by atoms with van der Waals surface area (Å²) in [7, 11) is 3.10. The molecule has 1 aromatic rings. The largest absolute Gasteiger partial charge is 0.497 e. The van der Waals surface area contributed by atoms with Gasteiger partial charge in [-0.05, 0) is 31.2 Å². The number of nitrogens with zero attached hydrogens (tertiary/aromatic N) is 1. The van der Waals surface area contributed by atoms with Gasteiger partial charge < -0.3 is 20.1 Å². The zero-order valence-corrected chi connectivity index (χ0v) is 13.0. The van der Waals surface area contributed by atoms with Crippen LogP contribution in [0.1, 0.15) is 36.5 Å². The van der Waals surface area contributed by atoms with Gasteiger partial charge in [0.2, 0.25) is 0 Å². The maximum atomic E-state index is 12.8. The number of hydrogen-bond donors (Lipinski definition) is 1. The minimum atomic E-state index is -0.0431. The molecule has 5 nitrogen and oxygen atoms in total. The summed E-state index contributed by atoms with van der Waals surface area (Å²) in [6.45, 7) is 3.63. The average molecular weight is 292 g/mol. The van der Waals surface area contributed by atoms with Gasteiger partial charge in [-0.25, -0.2) is 0 Å². The smallest absolute Gasteiger partial charge is 0.256 e. The van der Waals surface area contributed by atoms with Gasteiger partial charge in [-0.15, -0.1) is 0 Å². The van der Waals surface area contributed by atoms with E-state index in [0.717, 1.165) is 19.5 Å². The normalized spacial score (nSPS) is 13.9. The molecule has 1 aliphatic carbocycles. The Hall–Kier alpha value is -1.91. The first-order valence-electron chi connectivity index (χ1n) is 7.41. The van der Waals surface area contributed by atoms with Gasteiger partial charge in [0, 0.05) is 19.2 Å². The Morgan fingerprint density at radius 2 is 2.05 bits per heavy atom. The summed E-state index contributed by atoms with van der Waals surface area (Å²) in [6.07, 6.45) is 3.36. The van der Waals surface area contributed by atoms with Gasteiger partial charge in [-0.2, -0.15) is 0 Å². The lowest BCUT2D eigenvalue weighted by molar-refractivity contribution is 0.0748. The molecule has 0 aromatic heterocycles. The lowest BCUT2D eigenvalue weighted by Gasteiger charge is -2.23. The number of nitrogens with two attached hydrogens (primary N) is 1. The summed E-state index contributed by atoms with van der Waals surface area (Å²) in [5.41, 5.74) is 6.90. The predicted molar refractivity (Wildman–Crippen MR) is 82.9 cm³/mol. The van der Waals surface area contributed by atoms with Crippen LogP contribution in [-0.4, -0.2) is 38.1 Å². The van der Waals surface area contributed by atoms with E-state index in [9.17, 15) is 4.79 Å². The Kier molecular flexibility index (Phi) is 4.94. The molecule has 1 aromatic carbocycles. The topological polar surface area (TPSA) is 64.8 Å². The van der Waals surface area contributed by atoms with Crippen LogP contribution in [0.5, 0.6) is 11.5 Å². The molecule has 0 aliphatic heterocycles. The molecule has 0 atom stereocenters. The summed E-state index contributed by atoms with van der Waals surface area (Å²) >= 11 is 0. The van der Waals surface area contributed by atoms with Crippen LogP contribution in [0.2, 0.25) is 0 Å². The molecule has 1 saturated carbocycles. The van der Waals surface area contributed by atoms with Crippen LogP contribution in [0.4, 0.5) is 5.69 Å². The van der Waals surface area contributed by atoms with Crippen molar-refractivity contribution < 1.29 is 14.3 Å². The highest BCUT2D eigenvalue weighted by atomic mass is 16.5. The van der Waals surface area contributed by atoms with Crippen LogP contribution in [0, 0.1) is 5.92 Å². The molecule has 0 radical (unpaired) electrons. The molecule has 2 rings (SSSR count). The number of anilines is 1. The first-order valence-corrected chi connectivity index (χ1v) is 7.41. The van der Waals surface area contributed by atoms with E-state index in [1.54, 1.807) is 19.2 Å². The Balaban J connectivity index is 2.30. The van der Waals surface area contributed by atoms with Gasteiger partial charge in [0.1, 0.15) is 11.5 Å². The third-order valence-electron chi connectivity index (χ3n) is 3.76. The van der Waals surface area contributed by atoms with Crippen molar-refractivity contribution in [1.29, 1.82) is 0 Å². The van der Waals surface area contributed by atoms with Gasteiger partial charge >= 0.3 is 0 Å². The summed E-state index contributed by atoms with van der Waals surface area (Å²) in [4.78, 5) is 14.7. The molecule has 116 valence electrons. The number of amides is 1. The van der Waals surface area contributed by atoms with Crippen molar-refractivity contribution >= 4 is 11.6 Å². The summed E-state index contributed by atoms with van der Waals surface area (Å²) in [5.74, 6) is 1.65. The van der Waals surface area contributed by atoms with E-state index in [0.29, 0.717) is 28.7 Å². The van der Waals surface area contributed by atoms with E-state index in [1.165, 1.54) is 20.0 Å². The zero-order valence-electron chi connectivity index (χ0n) is 13.0. The average Bonchev–Trinajstić information content (AvgIpc) is 3.30. The number of methoxy groups -OCH3 is 2. The molecule has 0 bridgehead atoms. The van der Waals surface area contributed by atoms with Crippen molar-refractivity contribution in [3.63, 3.8) is 0 Å². The lowest BCUT2D eigenvalue weighted by atomic mass is 10.1. The molecule has 21 heavy (non-hydrogen) atoms. The van der Waals surface area contributed by atoms with Crippen molar-refractivity contribution in [2.24, 2.45) is 5.92 Å². The Labute approximate surface area is 126 Å². The highest BCUT2D eigenvalue weighted by Gasteiger charge is 2.28. The molecule has 1 fully saturated rings. The fourth-order valence-corrected chi connectivity index (χ4v) is 2.39. The maximum absolute atomic E-state index is 12.8. The first kappa shape index (κ1) is 15.5. The van der Waals surface area contributed by atoms with Gasteiger partial charge in [0.25, 0.3) is 5.91 Å². The molecular formula is C16H24N2O3. The lowest BCUT2D eigenvalue weighted by Crippen LogP contribution is -2.34. The fraction of sp³-hybridized carbons (Fsp3) is 0.562. The number of carbonyl (C=O) groups excluding carboxylic acids is 1. The molecule has 1 amide bonds. The summed E-state index contributed by atoms with van der Waals surface area (Å²) in [6, 6.07) is 3.38. The van der Waals surface area contributed by atoms with E-state index >= 15 is 0 Å². The molecule has 0 heterocycles. The molecule has 0 unspecified atom stereocenters. The Morgan fingerprint density at radius 1 is 1.33 bits per heavy atom.